The summed E-state index contributed by atoms with van der Waals surface area (Å²) in [7, 11) is 0. The smallest absolute Gasteiger partial charge is 0.210 e. The van der Waals surface area contributed by atoms with Crippen LogP contribution >= 0.6 is 0 Å². The van der Waals surface area contributed by atoms with Gasteiger partial charge >= 0.3 is 0 Å². The monoisotopic (exact) mass is 387 g/mol. The van der Waals surface area contributed by atoms with Crippen molar-refractivity contribution in [3.05, 3.63) is 71.0 Å². The van der Waals surface area contributed by atoms with Gasteiger partial charge in [-0.3, -0.25) is 4.79 Å². The van der Waals surface area contributed by atoms with E-state index in [1.807, 2.05) is 24.8 Å². The van der Waals surface area contributed by atoms with E-state index < -0.39 is 0 Å². The molecule has 0 spiro atoms. The Bertz CT molecular complexity index is 681. The van der Waals surface area contributed by atoms with Crippen molar-refractivity contribution in [3.63, 3.8) is 0 Å². The third-order valence-electron chi connectivity index (χ3n) is 4.80. The highest BCUT2D eigenvalue weighted by molar-refractivity contribution is 5.49. The second kappa shape index (κ2) is 11.6. The molecule has 0 radical (unpaired) electrons. The van der Waals surface area contributed by atoms with E-state index in [0.29, 0.717) is 12.7 Å². The molecule has 152 valence electrons. The molecule has 2 atom stereocenters. The van der Waals surface area contributed by atoms with Crippen molar-refractivity contribution in [2.24, 2.45) is 0 Å². The van der Waals surface area contributed by atoms with Crippen LogP contribution in [0.3, 0.4) is 0 Å². The topological polar surface area (TPSA) is 49.8 Å². The van der Waals surface area contributed by atoms with E-state index in [9.17, 15) is 9.18 Å². The first-order valence-electron chi connectivity index (χ1n) is 9.76. The first kappa shape index (κ1) is 22.1. The van der Waals surface area contributed by atoms with Gasteiger partial charge in [-0.1, -0.05) is 42.0 Å². The summed E-state index contributed by atoms with van der Waals surface area (Å²) < 4.78 is 17.2. The zero-order chi connectivity index (χ0) is 20.4. The molecule has 1 saturated heterocycles. The van der Waals surface area contributed by atoms with Crippen LogP contribution in [0.25, 0.3) is 0 Å². The molecule has 0 saturated carbocycles. The minimum absolute atomic E-state index is 0.171. The van der Waals surface area contributed by atoms with Crippen LogP contribution in [0.5, 0.6) is 0 Å². The van der Waals surface area contributed by atoms with Gasteiger partial charge in [0.1, 0.15) is 5.82 Å². The van der Waals surface area contributed by atoms with E-state index in [1.165, 1.54) is 23.3 Å². The number of hydrogen-bond acceptors (Lipinski definition) is 3. The molecule has 2 aliphatic rings. The number of hydrogen-bond donors (Lipinski definition) is 1. The molecule has 5 heteroatoms. The van der Waals surface area contributed by atoms with Gasteiger partial charge in [-0.05, 0) is 56.4 Å². The van der Waals surface area contributed by atoms with Crippen LogP contribution in [0.15, 0.2) is 48.5 Å². The Balaban J connectivity index is 0.000000156. The number of aryl methyl sites for hydroxylation is 1. The number of halogens is 1. The lowest BCUT2D eigenvalue weighted by Gasteiger charge is -2.24. The summed E-state index contributed by atoms with van der Waals surface area (Å²) in [6, 6.07) is 14.7. The quantitative estimate of drug-likeness (QED) is 0.756. The van der Waals surface area contributed by atoms with E-state index in [0.717, 1.165) is 44.3 Å². The van der Waals surface area contributed by atoms with Gasteiger partial charge in [-0.15, -0.1) is 0 Å². The van der Waals surface area contributed by atoms with Crippen LogP contribution in [0.2, 0.25) is 0 Å². The molecule has 4 rings (SSSR count). The molecule has 1 N–H and O–H groups in total. The van der Waals surface area contributed by atoms with Gasteiger partial charge in [0.05, 0.1) is 18.8 Å². The summed E-state index contributed by atoms with van der Waals surface area (Å²) in [5.74, 6) is -0.171. The van der Waals surface area contributed by atoms with Crippen molar-refractivity contribution >= 4 is 6.41 Å². The van der Waals surface area contributed by atoms with E-state index in [1.54, 1.807) is 12.1 Å². The highest BCUT2D eigenvalue weighted by atomic mass is 19.1. The van der Waals surface area contributed by atoms with Gasteiger partial charge in [0.15, 0.2) is 0 Å². The zero-order valence-corrected chi connectivity index (χ0v) is 16.7. The maximum absolute atomic E-state index is 12.1. The SMILES string of the molecule is C[C@H]1CC[C@H](O)CO1.Cc1ccc(F)cc1.O=CN1CCc2ccccc2C1. The molecule has 0 aliphatic carbocycles. The maximum Gasteiger partial charge on any atom is 0.210 e. The summed E-state index contributed by atoms with van der Waals surface area (Å²) in [6.45, 7) is 6.13. The lowest BCUT2D eigenvalue weighted by atomic mass is 10.0. The highest BCUT2D eigenvalue weighted by Crippen LogP contribution is 2.16. The fourth-order valence-corrected chi connectivity index (χ4v) is 3.01. The number of rotatable bonds is 1. The third kappa shape index (κ3) is 7.79. The van der Waals surface area contributed by atoms with Crippen LogP contribution in [-0.2, 0) is 22.5 Å². The number of carbonyl (C=O) groups excluding carboxylic acids is 1. The van der Waals surface area contributed by atoms with Crippen LogP contribution in [-0.4, -0.2) is 41.8 Å². The molecular weight excluding hydrogens is 357 g/mol. The van der Waals surface area contributed by atoms with Crippen molar-refractivity contribution in [1.82, 2.24) is 4.90 Å². The summed E-state index contributed by atoms with van der Waals surface area (Å²) in [5, 5.41) is 8.90. The van der Waals surface area contributed by atoms with Gasteiger partial charge in [-0.2, -0.15) is 0 Å². The Morgan fingerprint density at radius 2 is 1.79 bits per heavy atom. The zero-order valence-electron chi connectivity index (χ0n) is 16.7. The normalized spacial score (nSPS) is 20.6. The fourth-order valence-electron chi connectivity index (χ4n) is 3.01. The molecule has 0 bridgehead atoms. The van der Waals surface area contributed by atoms with Crippen LogP contribution in [0, 0.1) is 12.7 Å². The molecule has 0 unspecified atom stereocenters. The number of aliphatic hydroxyl groups excluding tert-OH is 1. The summed E-state index contributed by atoms with van der Waals surface area (Å²) in [5.41, 5.74) is 3.76. The van der Waals surface area contributed by atoms with Gasteiger partial charge in [0.2, 0.25) is 6.41 Å². The third-order valence-corrected chi connectivity index (χ3v) is 4.80. The first-order chi connectivity index (χ1) is 13.5. The second-order valence-corrected chi connectivity index (χ2v) is 7.27. The van der Waals surface area contributed by atoms with Crippen molar-refractivity contribution in [1.29, 1.82) is 0 Å². The predicted molar refractivity (Wildman–Crippen MR) is 108 cm³/mol. The Labute approximate surface area is 166 Å². The van der Waals surface area contributed by atoms with E-state index >= 15 is 0 Å². The van der Waals surface area contributed by atoms with Crippen molar-refractivity contribution in [2.45, 2.75) is 51.9 Å². The van der Waals surface area contributed by atoms with Crippen LogP contribution in [0.4, 0.5) is 4.39 Å². The van der Waals surface area contributed by atoms with Crippen molar-refractivity contribution in [2.75, 3.05) is 13.2 Å². The number of amides is 1. The Morgan fingerprint density at radius 3 is 2.32 bits per heavy atom. The lowest BCUT2D eigenvalue weighted by Crippen LogP contribution is -2.28. The lowest BCUT2D eigenvalue weighted by molar-refractivity contribution is -0.118. The minimum Gasteiger partial charge on any atom is -0.391 e. The van der Waals surface area contributed by atoms with Crippen molar-refractivity contribution in [3.8, 4) is 0 Å². The number of benzene rings is 2. The molecule has 0 aromatic heterocycles. The molecular formula is C23H30FNO3. The minimum atomic E-state index is -0.203. The van der Waals surface area contributed by atoms with Gasteiger partial charge in [0.25, 0.3) is 0 Å². The number of ether oxygens (including phenoxy) is 1. The highest BCUT2D eigenvalue weighted by Gasteiger charge is 2.15. The summed E-state index contributed by atoms with van der Waals surface area (Å²) >= 11 is 0. The average Bonchev–Trinajstić information content (AvgIpc) is 2.73. The van der Waals surface area contributed by atoms with E-state index in [2.05, 4.69) is 18.2 Å². The number of aliphatic hydroxyl groups is 1. The molecule has 2 aromatic rings. The van der Waals surface area contributed by atoms with Gasteiger partial charge in [-0.25, -0.2) is 4.39 Å². The average molecular weight is 387 g/mol. The molecule has 2 aromatic carbocycles. The Kier molecular flexibility index (Phi) is 9.11. The van der Waals surface area contributed by atoms with Crippen LogP contribution < -0.4 is 0 Å². The van der Waals surface area contributed by atoms with Crippen LogP contribution in [0.1, 0.15) is 36.5 Å². The number of fused-ring (bicyclic) bond motifs is 1. The Morgan fingerprint density at radius 1 is 1.11 bits per heavy atom. The first-order valence-corrected chi connectivity index (χ1v) is 9.76. The molecule has 4 nitrogen and oxygen atoms in total. The molecule has 2 heterocycles. The molecule has 1 amide bonds. The number of nitrogens with zero attached hydrogens (tertiary/aromatic N) is 1. The summed E-state index contributed by atoms with van der Waals surface area (Å²) in [6.07, 6.45) is 3.98. The Hall–Kier alpha value is -2.24. The standard InChI is InChI=1S/C10H11NO.C7H7F.C6H12O2/c12-8-11-6-5-9-3-1-2-4-10(9)7-11;1-6-2-4-7(8)5-3-6;1-5-2-3-6(7)4-8-5/h1-4,8H,5-7H2;2-5H,1H3;5-7H,2-4H2,1H3/t;;5-,6-/m..0/s1. The van der Waals surface area contributed by atoms with E-state index in [-0.39, 0.29) is 11.9 Å². The van der Waals surface area contributed by atoms with Gasteiger partial charge in [0, 0.05) is 13.1 Å². The largest absolute Gasteiger partial charge is 0.391 e. The second-order valence-electron chi connectivity index (χ2n) is 7.27. The number of carbonyl (C=O) groups is 1. The molecule has 28 heavy (non-hydrogen) atoms. The van der Waals surface area contributed by atoms with E-state index in [4.69, 9.17) is 9.84 Å². The predicted octanol–water partition coefficient (Wildman–Crippen LogP) is 3.88. The molecule has 2 aliphatic heterocycles. The maximum atomic E-state index is 12.1. The fraction of sp³-hybridized carbons (Fsp3) is 0.435. The molecule has 1 fully saturated rings. The van der Waals surface area contributed by atoms with Crippen molar-refractivity contribution < 1.29 is 19.0 Å². The van der Waals surface area contributed by atoms with Gasteiger partial charge < -0.3 is 14.7 Å². The summed E-state index contributed by atoms with van der Waals surface area (Å²) in [4.78, 5) is 12.3.